The van der Waals surface area contributed by atoms with Crippen molar-refractivity contribution in [3.05, 3.63) is 47.2 Å². The second-order valence-electron chi connectivity index (χ2n) is 4.16. The minimum absolute atomic E-state index is 0.713. The highest BCUT2D eigenvalue weighted by Gasteiger charge is 2.11. The number of aromatic nitrogens is 2. The molecule has 0 saturated heterocycles. The predicted octanol–water partition coefficient (Wildman–Crippen LogP) is 2.07. The highest BCUT2D eigenvalue weighted by molar-refractivity contribution is 6.30. The van der Waals surface area contributed by atoms with E-state index in [1.54, 1.807) is 6.20 Å². The Morgan fingerprint density at radius 3 is 3.06 bits per heavy atom. The molecule has 1 aromatic carbocycles. The Balaban J connectivity index is 1.98. The van der Waals surface area contributed by atoms with Gasteiger partial charge in [0.05, 0.1) is 12.2 Å². The van der Waals surface area contributed by atoms with Crippen molar-refractivity contribution in [1.82, 2.24) is 15.1 Å². The van der Waals surface area contributed by atoms with E-state index >= 15 is 0 Å². The molecule has 0 aliphatic carbocycles. The monoisotopic (exact) mass is 260 g/mol. The van der Waals surface area contributed by atoms with Crippen LogP contribution < -0.4 is 5.32 Å². The number of halogens is 1. The summed E-state index contributed by atoms with van der Waals surface area (Å²) in [6, 6.07) is 7.76. The molecule has 0 unspecified atom stereocenters. The number of benzene rings is 1. The molecular formula is C13H13ClN4. The normalized spacial score (nSPS) is 14.4. The Bertz CT molecular complexity index is 575. The van der Waals surface area contributed by atoms with E-state index in [2.05, 4.69) is 15.4 Å². The number of hydrogen-bond donors (Lipinski definition) is 1. The van der Waals surface area contributed by atoms with Crippen molar-refractivity contribution in [3.8, 4) is 5.69 Å². The number of nitrogens with zero attached hydrogens (tertiary/aromatic N) is 3. The third-order valence-corrected chi connectivity index (χ3v) is 3.14. The van der Waals surface area contributed by atoms with Crippen LogP contribution >= 0.6 is 11.6 Å². The first kappa shape index (κ1) is 11.3. The van der Waals surface area contributed by atoms with E-state index in [9.17, 15) is 0 Å². The molecule has 0 spiro atoms. The van der Waals surface area contributed by atoms with E-state index in [0.717, 1.165) is 36.6 Å². The van der Waals surface area contributed by atoms with Gasteiger partial charge in [0.2, 0.25) is 0 Å². The lowest BCUT2D eigenvalue weighted by Crippen LogP contribution is -2.21. The van der Waals surface area contributed by atoms with Gasteiger partial charge in [-0.15, -0.1) is 0 Å². The number of amidine groups is 1. The zero-order valence-corrected chi connectivity index (χ0v) is 10.6. The van der Waals surface area contributed by atoms with Crippen molar-refractivity contribution in [3.63, 3.8) is 0 Å². The number of aliphatic imine (C=N–C) groups is 1. The van der Waals surface area contributed by atoms with Crippen LogP contribution in [0, 0.1) is 0 Å². The molecule has 2 heterocycles. The molecule has 4 nitrogen and oxygen atoms in total. The topological polar surface area (TPSA) is 42.2 Å². The van der Waals surface area contributed by atoms with Gasteiger partial charge in [0.1, 0.15) is 5.84 Å². The van der Waals surface area contributed by atoms with Crippen molar-refractivity contribution in [2.75, 3.05) is 13.1 Å². The third-order valence-electron chi connectivity index (χ3n) is 2.90. The van der Waals surface area contributed by atoms with Crippen LogP contribution in [0.3, 0.4) is 0 Å². The molecule has 1 aliphatic rings. The molecule has 1 aliphatic heterocycles. The van der Waals surface area contributed by atoms with Crippen LogP contribution in [0.1, 0.15) is 5.56 Å². The minimum Gasteiger partial charge on any atom is -0.372 e. The quantitative estimate of drug-likeness (QED) is 0.918. The van der Waals surface area contributed by atoms with Crippen LogP contribution in [0.25, 0.3) is 5.69 Å². The van der Waals surface area contributed by atoms with Gasteiger partial charge in [0.25, 0.3) is 0 Å². The molecule has 2 aromatic rings. The SMILES string of the molecule is Clc1ccc(CC2=NCCN2)c(-n2cccn2)c1. The molecule has 0 fully saturated rings. The van der Waals surface area contributed by atoms with Crippen molar-refractivity contribution in [1.29, 1.82) is 0 Å². The lowest BCUT2D eigenvalue weighted by atomic mass is 10.1. The second-order valence-corrected chi connectivity index (χ2v) is 4.59. The van der Waals surface area contributed by atoms with Crippen LogP contribution in [-0.4, -0.2) is 28.7 Å². The van der Waals surface area contributed by atoms with E-state index in [1.807, 2.05) is 35.1 Å². The molecule has 1 aromatic heterocycles. The fourth-order valence-corrected chi connectivity index (χ4v) is 2.22. The van der Waals surface area contributed by atoms with Crippen LogP contribution in [0.15, 0.2) is 41.7 Å². The zero-order chi connectivity index (χ0) is 12.4. The number of nitrogens with one attached hydrogen (secondary N) is 1. The largest absolute Gasteiger partial charge is 0.372 e. The van der Waals surface area contributed by atoms with E-state index < -0.39 is 0 Å². The molecule has 1 N–H and O–H groups in total. The molecule has 0 amide bonds. The first-order chi connectivity index (χ1) is 8.83. The molecule has 5 heteroatoms. The highest BCUT2D eigenvalue weighted by Crippen LogP contribution is 2.20. The molecule has 18 heavy (non-hydrogen) atoms. The number of hydrogen-bond acceptors (Lipinski definition) is 3. The second kappa shape index (κ2) is 4.82. The minimum atomic E-state index is 0.713. The summed E-state index contributed by atoms with van der Waals surface area (Å²) in [6.45, 7) is 1.79. The van der Waals surface area contributed by atoms with Gasteiger partial charge in [-0.1, -0.05) is 17.7 Å². The maximum absolute atomic E-state index is 6.06. The fourth-order valence-electron chi connectivity index (χ4n) is 2.06. The summed E-state index contributed by atoms with van der Waals surface area (Å²) < 4.78 is 1.83. The Hall–Kier alpha value is -1.81. The van der Waals surface area contributed by atoms with E-state index in [4.69, 9.17) is 11.6 Å². The maximum Gasteiger partial charge on any atom is 0.101 e. The Kier molecular flexibility index (Phi) is 3.02. The smallest absolute Gasteiger partial charge is 0.101 e. The van der Waals surface area contributed by atoms with Gasteiger partial charge >= 0.3 is 0 Å². The van der Waals surface area contributed by atoms with Gasteiger partial charge in [0, 0.05) is 30.4 Å². The van der Waals surface area contributed by atoms with Gasteiger partial charge in [0.15, 0.2) is 0 Å². The third kappa shape index (κ3) is 2.24. The molecule has 92 valence electrons. The van der Waals surface area contributed by atoms with Crippen molar-refractivity contribution < 1.29 is 0 Å². The van der Waals surface area contributed by atoms with Crippen LogP contribution in [0.4, 0.5) is 0 Å². The summed E-state index contributed by atoms with van der Waals surface area (Å²) in [4.78, 5) is 4.42. The first-order valence-electron chi connectivity index (χ1n) is 5.88. The lowest BCUT2D eigenvalue weighted by molar-refractivity contribution is 0.868. The van der Waals surface area contributed by atoms with Crippen LogP contribution in [0.5, 0.6) is 0 Å². The fraction of sp³-hybridized carbons (Fsp3) is 0.231. The van der Waals surface area contributed by atoms with Gasteiger partial charge in [-0.2, -0.15) is 5.10 Å². The molecular weight excluding hydrogens is 248 g/mol. The Morgan fingerprint density at radius 2 is 2.33 bits per heavy atom. The van der Waals surface area contributed by atoms with Gasteiger partial charge < -0.3 is 5.32 Å². The number of rotatable bonds is 3. The van der Waals surface area contributed by atoms with Crippen molar-refractivity contribution in [2.45, 2.75) is 6.42 Å². The zero-order valence-electron chi connectivity index (χ0n) is 9.81. The lowest BCUT2D eigenvalue weighted by Gasteiger charge is -2.10. The molecule has 0 radical (unpaired) electrons. The van der Waals surface area contributed by atoms with Crippen molar-refractivity contribution in [2.24, 2.45) is 4.99 Å². The van der Waals surface area contributed by atoms with Gasteiger partial charge in [-0.05, 0) is 23.8 Å². The summed E-state index contributed by atoms with van der Waals surface area (Å²) in [5.74, 6) is 1.03. The van der Waals surface area contributed by atoms with E-state index in [1.165, 1.54) is 0 Å². The molecule has 0 bridgehead atoms. The summed E-state index contributed by atoms with van der Waals surface area (Å²) in [7, 11) is 0. The van der Waals surface area contributed by atoms with E-state index in [0.29, 0.717) is 5.02 Å². The average Bonchev–Trinajstić information content (AvgIpc) is 3.04. The first-order valence-corrected chi connectivity index (χ1v) is 6.26. The average molecular weight is 261 g/mol. The molecule has 3 rings (SSSR count). The summed E-state index contributed by atoms with van der Waals surface area (Å²) in [5.41, 5.74) is 2.17. The van der Waals surface area contributed by atoms with E-state index in [-0.39, 0.29) is 0 Å². The highest BCUT2D eigenvalue weighted by atomic mass is 35.5. The van der Waals surface area contributed by atoms with Crippen LogP contribution in [-0.2, 0) is 6.42 Å². The van der Waals surface area contributed by atoms with Gasteiger partial charge in [-0.3, -0.25) is 4.99 Å². The summed E-state index contributed by atoms with van der Waals surface area (Å²) in [6.07, 6.45) is 4.46. The Labute approximate surface area is 110 Å². The summed E-state index contributed by atoms with van der Waals surface area (Å²) >= 11 is 6.06. The standard InChI is InChI=1S/C13H13ClN4/c14-11-3-2-10(8-13-15-5-6-16-13)12(9-11)18-7-1-4-17-18/h1-4,7,9H,5-6,8H2,(H,15,16). The maximum atomic E-state index is 6.06. The molecule has 0 atom stereocenters. The van der Waals surface area contributed by atoms with Crippen molar-refractivity contribution >= 4 is 17.4 Å². The Morgan fingerprint density at radius 1 is 1.39 bits per heavy atom. The predicted molar refractivity (Wildman–Crippen MR) is 72.6 cm³/mol. The van der Waals surface area contributed by atoms with Crippen LogP contribution in [0.2, 0.25) is 5.02 Å². The molecule has 0 saturated carbocycles. The van der Waals surface area contributed by atoms with Gasteiger partial charge in [-0.25, -0.2) is 4.68 Å². The summed E-state index contributed by atoms with van der Waals surface area (Å²) in [5, 5.41) is 8.25.